The normalized spacial score (nSPS) is 10.2. The Kier molecular flexibility index (Phi) is 3.65. The highest BCUT2D eigenvalue weighted by molar-refractivity contribution is 14.1. The van der Waals surface area contributed by atoms with Gasteiger partial charge in [0.1, 0.15) is 0 Å². The first-order valence-corrected chi connectivity index (χ1v) is 5.73. The Morgan fingerprint density at radius 2 is 2.18 bits per heavy atom. The first-order chi connectivity index (χ1) is 5.15. The van der Waals surface area contributed by atoms with Gasteiger partial charge in [0, 0.05) is 13.9 Å². The lowest BCUT2D eigenvalue weighted by Gasteiger charge is -2.04. The number of hydrogen-bond acceptors (Lipinski definition) is 0. The van der Waals surface area contributed by atoms with Crippen molar-refractivity contribution in [1.82, 2.24) is 0 Å². The van der Waals surface area contributed by atoms with E-state index in [4.69, 9.17) is 11.6 Å². The Hall–Kier alpha value is 0.720. The molecule has 0 heterocycles. The highest BCUT2D eigenvalue weighted by atomic mass is 127. The maximum Gasteiger partial charge on any atom is 0.0419 e. The average Bonchev–Trinajstić information content (AvgIpc) is 1.85. The lowest BCUT2D eigenvalue weighted by atomic mass is 10.1. The zero-order chi connectivity index (χ0) is 8.43. The Labute approximate surface area is 93.6 Å². The fourth-order valence-electron chi connectivity index (χ4n) is 0.901. The van der Waals surface area contributed by atoms with E-state index in [9.17, 15) is 0 Å². The minimum absolute atomic E-state index is 0.816. The Morgan fingerprint density at radius 3 is 2.64 bits per heavy atom. The number of benzene rings is 1. The molecule has 1 aromatic rings. The summed E-state index contributed by atoms with van der Waals surface area (Å²) in [5.41, 5.74) is 2.58. The third-order valence-corrected chi connectivity index (χ3v) is 3.26. The number of rotatable bonds is 1. The van der Waals surface area contributed by atoms with Crippen LogP contribution in [0.5, 0.6) is 0 Å². The van der Waals surface area contributed by atoms with Gasteiger partial charge in [0.05, 0.1) is 0 Å². The van der Waals surface area contributed by atoms with Crippen LogP contribution in [0.2, 0.25) is 5.02 Å². The van der Waals surface area contributed by atoms with Crippen molar-refractivity contribution < 1.29 is 0 Å². The summed E-state index contributed by atoms with van der Waals surface area (Å²) < 4.78 is 1.23. The molecule has 60 valence electrons. The lowest BCUT2D eigenvalue weighted by molar-refractivity contribution is 1.29. The van der Waals surface area contributed by atoms with E-state index in [1.165, 1.54) is 14.7 Å². The van der Waals surface area contributed by atoms with Crippen LogP contribution in [-0.2, 0) is 5.33 Å². The summed E-state index contributed by atoms with van der Waals surface area (Å²) in [7, 11) is 0. The van der Waals surface area contributed by atoms with E-state index in [-0.39, 0.29) is 0 Å². The van der Waals surface area contributed by atoms with E-state index < -0.39 is 0 Å². The summed E-state index contributed by atoms with van der Waals surface area (Å²) in [5, 5.41) is 1.71. The molecule has 1 rings (SSSR count). The molecule has 0 bridgehead atoms. The van der Waals surface area contributed by atoms with Gasteiger partial charge in [-0.2, -0.15) is 0 Å². The van der Waals surface area contributed by atoms with Crippen molar-refractivity contribution in [3.63, 3.8) is 0 Å². The molecular formula is C8H7BrClI. The molecule has 0 aliphatic heterocycles. The standard InChI is InChI=1S/C8H7BrClI/c1-5-2-6(10)3-8(11)7(5)4-9/h2-3H,4H2,1H3. The second-order valence-electron chi connectivity index (χ2n) is 2.32. The molecule has 0 aromatic heterocycles. The topological polar surface area (TPSA) is 0 Å². The van der Waals surface area contributed by atoms with Crippen LogP contribution in [0.1, 0.15) is 11.1 Å². The van der Waals surface area contributed by atoms with Crippen molar-refractivity contribution in [2.75, 3.05) is 0 Å². The third kappa shape index (κ3) is 2.33. The molecule has 0 spiro atoms. The Bertz CT molecular complexity index is 250. The van der Waals surface area contributed by atoms with Crippen molar-refractivity contribution in [3.8, 4) is 0 Å². The molecule has 11 heavy (non-hydrogen) atoms. The van der Waals surface area contributed by atoms with Crippen LogP contribution in [0.3, 0.4) is 0 Å². The van der Waals surface area contributed by atoms with Crippen molar-refractivity contribution in [2.45, 2.75) is 12.3 Å². The SMILES string of the molecule is Cc1cc(Cl)cc(I)c1CBr. The predicted molar refractivity (Wildman–Crippen MR) is 61.5 cm³/mol. The fourth-order valence-corrected chi connectivity index (χ4v) is 3.58. The molecule has 0 atom stereocenters. The quantitative estimate of drug-likeness (QED) is 0.530. The van der Waals surface area contributed by atoms with Crippen LogP contribution in [0.15, 0.2) is 12.1 Å². The summed E-state index contributed by atoms with van der Waals surface area (Å²) in [5.74, 6) is 0. The zero-order valence-corrected chi connectivity index (χ0v) is 10.5. The lowest BCUT2D eigenvalue weighted by Crippen LogP contribution is -1.88. The van der Waals surface area contributed by atoms with Crippen molar-refractivity contribution in [1.29, 1.82) is 0 Å². The van der Waals surface area contributed by atoms with Crippen LogP contribution in [0.25, 0.3) is 0 Å². The van der Waals surface area contributed by atoms with Crippen molar-refractivity contribution in [2.24, 2.45) is 0 Å². The second-order valence-corrected chi connectivity index (χ2v) is 4.48. The van der Waals surface area contributed by atoms with Gasteiger partial charge in [-0.1, -0.05) is 27.5 Å². The first kappa shape index (κ1) is 9.81. The molecule has 0 aliphatic rings. The molecule has 0 amide bonds. The molecular weight excluding hydrogens is 338 g/mol. The number of hydrogen-bond donors (Lipinski definition) is 0. The van der Waals surface area contributed by atoms with Gasteiger partial charge in [-0.15, -0.1) is 0 Å². The average molecular weight is 345 g/mol. The summed E-state index contributed by atoms with van der Waals surface area (Å²) in [6.45, 7) is 2.07. The molecule has 0 saturated carbocycles. The van der Waals surface area contributed by atoms with E-state index in [1.807, 2.05) is 12.1 Å². The van der Waals surface area contributed by atoms with Crippen LogP contribution in [0, 0.1) is 10.5 Å². The molecule has 0 nitrogen and oxygen atoms in total. The highest BCUT2D eigenvalue weighted by Gasteiger charge is 2.02. The van der Waals surface area contributed by atoms with E-state index in [1.54, 1.807) is 0 Å². The monoisotopic (exact) mass is 344 g/mol. The van der Waals surface area contributed by atoms with Gasteiger partial charge >= 0.3 is 0 Å². The molecule has 0 fully saturated rings. The maximum absolute atomic E-state index is 5.86. The van der Waals surface area contributed by atoms with Gasteiger partial charge in [0.2, 0.25) is 0 Å². The number of alkyl halides is 1. The van der Waals surface area contributed by atoms with E-state index in [2.05, 4.69) is 45.4 Å². The zero-order valence-electron chi connectivity index (χ0n) is 6.00. The van der Waals surface area contributed by atoms with E-state index >= 15 is 0 Å². The van der Waals surface area contributed by atoms with Crippen LogP contribution >= 0.6 is 50.1 Å². The molecule has 3 heteroatoms. The largest absolute Gasteiger partial charge is 0.0876 e. The minimum atomic E-state index is 0.816. The number of aryl methyl sites for hydroxylation is 1. The van der Waals surface area contributed by atoms with Crippen LogP contribution in [-0.4, -0.2) is 0 Å². The molecule has 0 radical (unpaired) electrons. The summed E-state index contributed by atoms with van der Waals surface area (Å²) >= 11 is 11.6. The van der Waals surface area contributed by atoms with Crippen LogP contribution in [0.4, 0.5) is 0 Å². The molecule has 0 N–H and O–H groups in total. The van der Waals surface area contributed by atoms with Gasteiger partial charge in [-0.05, 0) is 52.8 Å². The molecule has 1 aromatic carbocycles. The highest BCUT2D eigenvalue weighted by Crippen LogP contribution is 2.23. The van der Waals surface area contributed by atoms with Crippen molar-refractivity contribution in [3.05, 3.63) is 31.9 Å². The predicted octanol–water partition coefficient (Wildman–Crippen LogP) is 4.15. The molecule has 0 aliphatic carbocycles. The molecule has 0 saturated heterocycles. The van der Waals surface area contributed by atoms with Gasteiger partial charge in [0.15, 0.2) is 0 Å². The second kappa shape index (κ2) is 4.10. The fraction of sp³-hybridized carbons (Fsp3) is 0.250. The van der Waals surface area contributed by atoms with Gasteiger partial charge in [-0.3, -0.25) is 0 Å². The van der Waals surface area contributed by atoms with E-state index in [0.29, 0.717) is 0 Å². The van der Waals surface area contributed by atoms with Gasteiger partial charge in [0.25, 0.3) is 0 Å². The minimum Gasteiger partial charge on any atom is -0.0876 e. The van der Waals surface area contributed by atoms with Crippen LogP contribution < -0.4 is 0 Å². The maximum atomic E-state index is 5.86. The van der Waals surface area contributed by atoms with Gasteiger partial charge in [-0.25, -0.2) is 0 Å². The summed E-state index contributed by atoms with van der Waals surface area (Å²) in [6.07, 6.45) is 0. The first-order valence-electron chi connectivity index (χ1n) is 3.15. The van der Waals surface area contributed by atoms with Gasteiger partial charge < -0.3 is 0 Å². The van der Waals surface area contributed by atoms with E-state index in [0.717, 1.165) is 10.4 Å². The molecule has 0 unspecified atom stereocenters. The summed E-state index contributed by atoms with van der Waals surface area (Å²) in [6, 6.07) is 3.96. The Morgan fingerprint density at radius 1 is 1.55 bits per heavy atom. The smallest absolute Gasteiger partial charge is 0.0419 e. The number of halogens is 3. The Balaban J connectivity index is 3.25. The van der Waals surface area contributed by atoms with Crippen molar-refractivity contribution >= 4 is 50.1 Å². The third-order valence-electron chi connectivity index (χ3n) is 1.52. The summed E-state index contributed by atoms with van der Waals surface area (Å²) in [4.78, 5) is 0.